The topological polar surface area (TPSA) is 93.1 Å². The standard InChI is InChI=1S/C26H34O6/c1-23(2,3)31-21(27)25(29,17-19-13-9-7-10-14-19)26(30,22(28)32-24(4,5)6)18-20-15-11-8-12-16-20/h7-16,29-30H,17-18H2,1-6H3. The van der Waals surface area contributed by atoms with Crippen LogP contribution in [0.1, 0.15) is 52.7 Å². The zero-order chi connectivity index (χ0) is 24.2. The molecule has 0 aliphatic carbocycles. The molecule has 2 rings (SSSR count). The second-order valence-electron chi connectivity index (χ2n) is 10.0. The van der Waals surface area contributed by atoms with Gasteiger partial charge in [0.15, 0.2) is 0 Å². The van der Waals surface area contributed by atoms with Gasteiger partial charge < -0.3 is 19.7 Å². The molecule has 0 amide bonds. The van der Waals surface area contributed by atoms with Crippen LogP contribution < -0.4 is 0 Å². The Labute approximate surface area is 190 Å². The van der Waals surface area contributed by atoms with Crippen molar-refractivity contribution >= 4 is 11.9 Å². The maximum Gasteiger partial charge on any atom is 0.342 e. The maximum absolute atomic E-state index is 13.4. The zero-order valence-corrected chi connectivity index (χ0v) is 19.7. The quantitative estimate of drug-likeness (QED) is 0.637. The molecule has 32 heavy (non-hydrogen) atoms. The third-order valence-electron chi connectivity index (χ3n) is 4.76. The van der Waals surface area contributed by atoms with E-state index in [1.807, 2.05) is 0 Å². The Bertz CT molecular complexity index is 833. The number of hydrogen-bond acceptors (Lipinski definition) is 6. The lowest BCUT2D eigenvalue weighted by atomic mass is 9.74. The number of rotatable bonds is 7. The molecule has 2 N–H and O–H groups in total. The Balaban J connectivity index is 2.65. The summed E-state index contributed by atoms with van der Waals surface area (Å²) in [5.41, 5.74) is -6.03. The summed E-state index contributed by atoms with van der Waals surface area (Å²) >= 11 is 0. The van der Waals surface area contributed by atoms with Crippen LogP contribution in [0.4, 0.5) is 0 Å². The number of aliphatic hydroxyl groups is 2. The SMILES string of the molecule is CC(C)(C)OC(=O)C(O)(Cc1ccccc1)C(O)(Cc1ccccc1)C(=O)OC(C)(C)C. The van der Waals surface area contributed by atoms with Gasteiger partial charge in [0.2, 0.25) is 11.2 Å². The molecule has 0 aliphatic rings. The van der Waals surface area contributed by atoms with Gasteiger partial charge in [-0.1, -0.05) is 60.7 Å². The predicted molar refractivity (Wildman–Crippen MR) is 122 cm³/mol. The minimum absolute atomic E-state index is 0.342. The Morgan fingerprint density at radius 1 is 0.625 bits per heavy atom. The van der Waals surface area contributed by atoms with Crippen molar-refractivity contribution < 1.29 is 29.3 Å². The number of hydrogen-bond donors (Lipinski definition) is 2. The summed E-state index contributed by atoms with van der Waals surface area (Å²) in [7, 11) is 0. The highest BCUT2D eigenvalue weighted by atomic mass is 16.6. The number of ether oxygens (including phenoxy) is 2. The largest absolute Gasteiger partial charge is 0.458 e. The van der Waals surface area contributed by atoms with E-state index in [1.54, 1.807) is 102 Å². The number of benzene rings is 2. The fourth-order valence-electron chi connectivity index (χ4n) is 3.28. The first-order valence-corrected chi connectivity index (χ1v) is 10.7. The molecule has 0 heterocycles. The summed E-state index contributed by atoms with van der Waals surface area (Å²) in [4.78, 5) is 26.7. The van der Waals surface area contributed by atoms with E-state index in [1.165, 1.54) is 0 Å². The second kappa shape index (κ2) is 9.43. The van der Waals surface area contributed by atoms with Crippen LogP contribution in [-0.2, 0) is 31.9 Å². The predicted octanol–water partition coefficient (Wildman–Crippen LogP) is 3.62. The number of carbonyl (C=O) groups excluding carboxylic acids is 2. The molecule has 0 fully saturated rings. The van der Waals surface area contributed by atoms with Gasteiger partial charge in [0.1, 0.15) is 11.2 Å². The molecule has 0 radical (unpaired) electrons. The second-order valence-corrected chi connectivity index (χ2v) is 10.0. The summed E-state index contributed by atoms with van der Waals surface area (Å²) in [6, 6.07) is 17.4. The maximum atomic E-state index is 13.4. The van der Waals surface area contributed by atoms with Crippen LogP contribution in [-0.4, -0.2) is 44.6 Å². The van der Waals surface area contributed by atoms with Gasteiger partial charge in [0.05, 0.1) is 0 Å². The van der Waals surface area contributed by atoms with E-state index in [2.05, 4.69) is 0 Å². The molecule has 0 aromatic heterocycles. The van der Waals surface area contributed by atoms with Crippen molar-refractivity contribution in [3.05, 3.63) is 71.8 Å². The van der Waals surface area contributed by atoms with Crippen LogP contribution >= 0.6 is 0 Å². The highest BCUT2D eigenvalue weighted by Gasteiger charge is 2.62. The van der Waals surface area contributed by atoms with Crippen LogP contribution in [0.15, 0.2) is 60.7 Å². The van der Waals surface area contributed by atoms with Crippen molar-refractivity contribution in [2.75, 3.05) is 0 Å². The van der Waals surface area contributed by atoms with Crippen molar-refractivity contribution in [3.63, 3.8) is 0 Å². The van der Waals surface area contributed by atoms with Crippen molar-refractivity contribution in [1.82, 2.24) is 0 Å². The van der Waals surface area contributed by atoms with E-state index in [0.29, 0.717) is 11.1 Å². The van der Waals surface area contributed by atoms with Crippen LogP contribution in [0.3, 0.4) is 0 Å². The van der Waals surface area contributed by atoms with Crippen molar-refractivity contribution in [2.24, 2.45) is 0 Å². The minimum Gasteiger partial charge on any atom is -0.458 e. The molecule has 0 saturated heterocycles. The monoisotopic (exact) mass is 442 g/mol. The van der Waals surface area contributed by atoms with E-state index in [4.69, 9.17) is 9.47 Å². The highest BCUT2D eigenvalue weighted by molar-refractivity contribution is 5.93. The minimum atomic E-state index is -2.61. The smallest absolute Gasteiger partial charge is 0.342 e. The van der Waals surface area contributed by atoms with Crippen molar-refractivity contribution in [2.45, 2.75) is 76.8 Å². The number of esters is 2. The highest BCUT2D eigenvalue weighted by Crippen LogP contribution is 2.35. The lowest BCUT2D eigenvalue weighted by molar-refractivity contribution is -0.224. The first-order chi connectivity index (χ1) is 14.7. The van der Waals surface area contributed by atoms with Gasteiger partial charge in [-0.15, -0.1) is 0 Å². The van der Waals surface area contributed by atoms with Gasteiger partial charge in [-0.3, -0.25) is 0 Å². The molecule has 2 unspecified atom stereocenters. The Hall–Kier alpha value is -2.70. The van der Waals surface area contributed by atoms with Crippen LogP contribution in [0.25, 0.3) is 0 Å². The van der Waals surface area contributed by atoms with E-state index in [0.717, 1.165) is 0 Å². The molecule has 0 bridgehead atoms. The number of carbonyl (C=O) groups is 2. The Kier molecular flexibility index (Phi) is 7.53. The van der Waals surface area contributed by atoms with Gasteiger partial charge in [-0.2, -0.15) is 0 Å². The normalized spacial score (nSPS) is 15.9. The van der Waals surface area contributed by atoms with Gasteiger partial charge in [0, 0.05) is 12.8 Å². The molecule has 0 saturated carbocycles. The molecular formula is C26H34O6. The van der Waals surface area contributed by atoms with E-state index < -0.39 is 34.3 Å². The van der Waals surface area contributed by atoms with E-state index >= 15 is 0 Å². The first kappa shape index (κ1) is 25.6. The van der Waals surface area contributed by atoms with E-state index in [-0.39, 0.29) is 12.8 Å². The molecule has 6 heteroatoms. The summed E-state index contributed by atoms with van der Waals surface area (Å²) in [6.45, 7) is 9.90. The van der Waals surface area contributed by atoms with Crippen molar-refractivity contribution in [1.29, 1.82) is 0 Å². The lowest BCUT2D eigenvalue weighted by Crippen LogP contribution is -2.68. The molecule has 2 aromatic carbocycles. The molecular weight excluding hydrogens is 408 g/mol. The molecule has 2 atom stereocenters. The van der Waals surface area contributed by atoms with Crippen LogP contribution in [0.5, 0.6) is 0 Å². The third kappa shape index (κ3) is 6.40. The third-order valence-corrected chi connectivity index (χ3v) is 4.76. The van der Waals surface area contributed by atoms with E-state index in [9.17, 15) is 19.8 Å². The van der Waals surface area contributed by atoms with Crippen molar-refractivity contribution in [3.8, 4) is 0 Å². The average Bonchev–Trinajstić information content (AvgIpc) is 2.66. The lowest BCUT2D eigenvalue weighted by Gasteiger charge is -2.42. The van der Waals surface area contributed by atoms with Crippen LogP contribution in [0, 0.1) is 0 Å². The Morgan fingerprint density at radius 2 is 0.906 bits per heavy atom. The molecule has 174 valence electrons. The first-order valence-electron chi connectivity index (χ1n) is 10.7. The summed E-state index contributed by atoms with van der Waals surface area (Å²) in [5, 5.41) is 23.6. The van der Waals surface area contributed by atoms with Gasteiger partial charge in [0.25, 0.3) is 0 Å². The summed E-state index contributed by atoms with van der Waals surface area (Å²) < 4.78 is 11.0. The molecule has 0 aliphatic heterocycles. The van der Waals surface area contributed by atoms with Gasteiger partial charge >= 0.3 is 11.9 Å². The summed E-state index contributed by atoms with van der Waals surface area (Å²) in [6.07, 6.45) is -0.684. The fraction of sp³-hybridized carbons (Fsp3) is 0.462. The summed E-state index contributed by atoms with van der Waals surface area (Å²) in [5.74, 6) is -2.20. The Morgan fingerprint density at radius 3 is 1.16 bits per heavy atom. The van der Waals surface area contributed by atoms with Gasteiger partial charge in [-0.25, -0.2) is 9.59 Å². The zero-order valence-electron chi connectivity index (χ0n) is 19.7. The fourth-order valence-corrected chi connectivity index (χ4v) is 3.28. The average molecular weight is 443 g/mol. The molecule has 0 spiro atoms. The van der Waals surface area contributed by atoms with Crippen LogP contribution in [0.2, 0.25) is 0 Å². The molecule has 6 nitrogen and oxygen atoms in total. The van der Waals surface area contributed by atoms with Gasteiger partial charge in [-0.05, 0) is 52.7 Å². The molecule has 2 aromatic rings.